The molecule has 5 nitrogen and oxygen atoms in total. The zero-order chi connectivity index (χ0) is 22.0. The number of anilines is 1. The summed E-state index contributed by atoms with van der Waals surface area (Å²) in [6.45, 7) is 1.56. The maximum atomic E-state index is 14.1. The summed E-state index contributed by atoms with van der Waals surface area (Å²) in [5.74, 6) is -1.73. The maximum Gasteiger partial charge on any atom is 0.325 e. The summed E-state index contributed by atoms with van der Waals surface area (Å²) in [5.41, 5.74) is 0.913. The first-order valence-electron chi connectivity index (χ1n) is 10.1. The molecule has 0 aliphatic carbocycles. The van der Waals surface area contributed by atoms with Crippen LogP contribution in [0.4, 0.5) is 23.7 Å². The number of amides is 3. The van der Waals surface area contributed by atoms with Gasteiger partial charge < -0.3 is 9.80 Å². The van der Waals surface area contributed by atoms with E-state index in [4.69, 9.17) is 0 Å². The predicted octanol–water partition coefficient (Wildman–Crippen LogP) is 4.05. The summed E-state index contributed by atoms with van der Waals surface area (Å²) in [4.78, 5) is 30.0. The van der Waals surface area contributed by atoms with Crippen molar-refractivity contribution in [1.82, 2.24) is 9.80 Å². The normalized spacial score (nSPS) is 19.6. The van der Waals surface area contributed by atoms with Crippen LogP contribution < -0.4 is 4.90 Å². The first-order valence-corrected chi connectivity index (χ1v) is 11.1. The molecular formula is C22H22F3N3O2S. The number of halogens is 3. The smallest absolute Gasteiger partial charge is 0.325 e. The van der Waals surface area contributed by atoms with Gasteiger partial charge in [0, 0.05) is 54.5 Å². The topological polar surface area (TPSA) is 43.9 Å². The molecular weight excluding hydrogens is 427 g/mol. The van der Waals surface area contributed by atoms with Gasteiger partial charge >= 0.3 is 6.03 Å². The first-order chi connectivity index (χ1) is 14.9. The van der Waals surface area contributed by atoms with Crippen LogP contribution in [0, 0.1) is 17.5 Å². The quantitative estimate of drug-likeness (QED) is 0.707. The van der Waals surface area contributed by atoms with Crippen molar-refractivity contribution in [3.8, 4) is 0 Å². The van der Waals surface area contributed by atoms with E-state index in [1.54, 1.807) is 28.8 Å². The van der Waals surface area contributed by atoms with Gasteiger partial charge in [-0.25, -0.2) is 18.0 Å². The molecule has 0 aromatic heterocycles. The third-order valence-electron chi connectivity index (χ3n) is 5.58. The summed E-state index contributed by atoms with van der Waals surface area (Å²) in [6.07, 6.45) is 0.631. The molecule has 2 aromatic carbocycles. The number of carbonyl (C=O) groups excluding carboxylic acids is 2. The average molecular weight is 449 g/mol. The molecule has 31 heavy (non-hydrogen) atoms. The lowest BCUT2D eigenvalue weighted by molar-refractivity contribution is -0.131. The van der Waals surface area contributed by atoms with E-state index in [2.05, 4.69) is 0 Å². The number of hydrogen-bond acceptors (Lipinski definition) is 3. The predicted molar refractivity (Wildman–Crippen MR) is 113 cm³/mol. The molecule has 2 heterocycles. The van der Waals surface area contributed by atoms with Gasteiger partial charge in [-0.2, -0.15) is 11.8 Å². The Kier molecular flexibility index (Phi) is 6.41. The second-order valence-electron chi connectivity index (χ2n) is 7.50. The molecule has 0 saturated carbocycles. The molecule has 0 bridgehead atoms. The standard InChI is InChI=1S/C22H22F3N3O2S/c23-17-4-2-1-3-16(17)20-7-8-26(11-12-31-20)21(29)14-27-9-10-28(22(27)30)15-5-6-18(24)19(25)13-15/h1-6,13,20H,7-12,14H2. The van der Waals surface area contributed by atoms with Crippen molar-refractivity contribution in [2.45, 2.75) is 11.7 Å². The minimum Gasteiger partial charge on any atom is -0.340 e. The molecule has 1 atom stereocenters. The SMILES string of the molecule is O=C(CN1CCN(c2ccc(F)c(F)c2)C1=O)N1CCSC(c2ccccc2F)CC1. The second kappa shape index (κ2) is 9.21. The molecule has 0 N–H and O–H groups in total. The van der Waals surface area contributed by atoms with E-state index in [0.717, 1.165) is 12.1 Å². The Morgan fingerprint density at radius 3 is 2.55 bits per heavy atom. The fourth-order valence-electron chi connectivity index (χ4n) is 3.89. The largest absolute Gasteiger partial charge is 0.340 e. The first kappa shape index (κ1) is 21.5. The summed E-state index contributed by atoms with van der Waals surface area (Å²) in [5, 5.41) is -0.0173. The molecule has 2 aliphatic heterocycles. The van der Waals surface area contributed by atoms with E-state index in [1.165, 1.54) is 21.9 Å². The minimum absolute atomic E-state index is 0.0173. The summed E-state index contributed by atoms with van der Waals surface area (Å²) >= 11 is 1.63. The van der Waals surface area contributed by atoms with Crippen LogP contribution in [0.25, 0.3) is 0 Å². The third kappa shape index (κ3) is 4.66. The molecule has 0 radical (unpaired) electrons. The number of rotatable bonds is 4. The minimum atomic E-state index is -1.02. The monoisotopic (exact) mass is 449 g/mol. The van der Waals surface area contributed by atoms with Crippen LogP contribution in [0.15, 0.2) is 42.5 Å². The number of urea groups is 1. The molecule has 4 rings (SSSR count). The summed E-state index contributed by atoms with van der Waals surface area (Å²) in [6, 6.07) is 9.59. The highest BCUT2D eigenvalue weighted by molar-refractivity contribution is 7.99. The van der Waals surface area contributed by atoms with Crippen LogP contribution in [0.5, 0.6) is 0 Å². The Hall–Kier alpha value is -2.68. The lowest BCUT2D eigenvalue weighted by Gasteiger charge is -2.24. The van der Waals surface area contributed by atoms with Crippen LogP contribution in [-0.4, -0.2) is 60.2 Å². The Morgan fingerprint density at radius 2 is 1.77 bits per heavy atom. The van der Waals surface area contributed by atoms with Crippen LogP contribution >= 0.6 is 11.8 Å². The van der Waals surface area contributed by atoms with Crippen molar-refractivity contribution in [3.63, 3.8) is 0 Å². The molecule has 164 valence electrons. The number of nitrogens with zero attached hydrogens (tertiary/aromatic N) is 3. The number of carbonyl (C=O) groups is 2. The molecule has 1 unspecified atom stereocenters. The van der Waals surface area contributed by atoms with Crippen molar-refractivity contribution in [1.29, 1.82) is 0 Å². The van der Waals surface area contributed by atoms with Crippen molar-refractivity contribution < 1.29 is 22.8 Å². The van der Waals surface area contributed by atoms with E-state index in [0.29, 0.717) is 43.9 Å². The van der Waals surface area contributed by atoms with Gasteiger partial charge in [-0.15, -0.1) is 0 Å². The highest BCUT2D eigenvalue weighted by Crippen LogP contribution is 2.35. The lowest BCUT2D eigenvalue weighted by Crippen LogP contribution is -2.43. The van der Waals surface area contributed by atoms with E-state index in [9.17, 15) is 22.8 Å². The fourth-order valence-corrected chi connectivity index (χ4v) is 5.14. The molecule has 2 fully saturated rings. The zero-order valence-corrected chi connectivity index (χ0v) is 17.6. The molecule has 3 amide bonds. The van der Waals surface area contributed by atoms with Crippen molar-refractivity contribution >= 4 is 29.4 Å². The van der Waals surface area contributed by atoms with E-state index >= 15 is 0 Å². The highest BCUT2D eigenvalue weighted by atomic mass is 32.2. The maximum absolute atomic E-state index is 14.1. The van der Waals surface area contributed by atoms with Crippen molar-refractivity contribution in [2.24, 2.45) is 0 Å². The average Bonchev–Trinajstić information content (AvgIpc) is 2.96. The third-order valence-corrected chi connectivity index (χ3v) is 6.89. The van der Waals surface area contributed by atoms with E-state index < -0.39 is 17.7 Å². The van der Waals surface area contributed by atoms with Crippen LogP contribution in [0.2, 0.25) is 0 Å². The Bertz CT molecular complexity index is 990. The highest BCUT2D eigenvalue weighted by Gasteiger charge is 2.33. The Balaban J connectivity index is 1.36. The second-order valence-corrected chi connectivity index (χ2v) is 8.82. The van der Waals surface area contributed by atoms with Gasteiger partial charge in [-0.3, -0.25) is 9.69 Å². The molecule has 0 spiro atoms. The molecule has 9 heteroatoms. The van der Waals surface area contributed by atoms with Crippen LogP contribution in [-0.2, 0) is 4.79 Å². The summed E-state index contributed by atoms with van der Waals surface area (Å²) < 4.78 is 40.8. The lowest BCUT2D eigenvalue weighted by atomic mass is 10.1. The molecule has 2 aliphatic rings. The Labute approximate surface area is 182 Å². The van der Waals surface area contributed by atoms with Gasteiger partial charge in [0.05, 0.1) is 0 Å². The number of thioether (sulfide) groups is 1. The molecule has 2 saturated heterocycles. The van der Waals surface area contributed by atoms with Crippen molar-refractivity contribution in [2.75, 3.05) is 43.4 Å². The van der Waals surface area contributed by atoms with Gasteiger partial charge in [0.15, 0.2) is 11.6 Å². The van der Waals surface area contributed by atoms with Gasteiger partial charge in [-0.05, 0) is 24.6 Å². The van der Waals surface area contributed by atoms with Crippen LogP contribution in [0.1, 0.15) is 17.2 Å². The van der Waals surface area contributed by atoms with E-state index in [-0.39, 0.29) is 29.2 Å². The zero-order valence-electron chi connectivity index (χ0n) is 16.8. The fraction of sp³-hybridized carbons (Fsp3) is 0.364. The van der Waals surface area contributed by atoms with Gasteiger partial charge in [-0.1, -0.05) is 18.2 Å². The molecule has 2 aromatic rings. The van der Waals surface area contributed by atoms with Crippen molar-refractivity contribution in [3.05, 3.63) is 65.5 Å². The number of benzene rings is 2. The van der Waals surface area contributed by atoms with Gasteiger partial charge in [0.1, 0.15) is 12.4 Å². The van der Waals surface area contributed by atoms with Gasteiger partial charge in [0.25, 0.3) is 0 Å². The summed E-state index contributed by atoms with van der Waals surface area (Å²) in [7, 11) is 0. The van der Waals surface area contributed by atoms with E-state index in [1.807, 2.05) is 6.07 Å². The van der Waals surface area contributed by atoms with Crippen LogP contribution in [0.3, 0.4) is 0 Å². The van der Waals surface area contributed by atoms with Gasteiger partial charge in [0.2, 0.25) is 5.91 Å². The Morgan fingerprint density at radius 1 is 0.968 bits per heavy atom. The number of hydrogen-bond donors (Lipinski definition) is 0.